The van der Waals surface area contributed by atoms with Crippen molar-refractivity contribution in [2.45, 2.75) is 19.3 Å². The van der Waals surface area contributed by atoms with Crippen LogP contribution in [0.3, 0.4) is 0 Å². The molecule has 2 aromatic carbocycles. The quantitative estimate of drug-likeness (QED) is 0.677. The van der Waals surface area contributed by atoms with E-state index in [1.165, 1.54) is 19.3 Å². The van der Waals surface area contributed by atoms with Crippen LogP contribution in [0.2, 0.25) is 0 Å². The van der Waals surface area contributed by atoms with Crippen LogP contribution in [0.15, 0.2) is 54.6 Å². The lowest BCUT2D eigenvalue weighted by molar-refractivity contribution is 0.103. The molecule has 0 atom stereocenters. The van der Waals surface area contributed by atoms with Crippen molar-refractivity contribution in [3.8, 4) is 5.75 Å². The summed E-state index contributed by atoms with van der Waals surface area (Å²) in [6, 6.07) is 17.3. The van der Waals surface area contributed by atoms with E-state index in [4.69, 9.17) is 4.74 Å². The maximum absolute atomic E-state index is 13.0. The van der Waals surface area contributed by atoms with Gasteiger partial charge in [0.1, 0.15) is 12.3 Å². The summed E-state index contributed by atoms with van der Waals surface area (Å²) in [5, 5.41) is 0.963. The standard InChI is InChI=1S/C22H24N2O2/c25-21(17-9-3-1-4-10-17)20-22(18-11-5-6-12-19(18)23-20)26-16-15-24-13-7-2-8-14-24/h1,3-6,9-12,23H,2,7-8,13-16H2. The van der Waals surface area contributed by atoms with Crippen LogP contribution in [0, 0.1) is 0 Å². The number of hydrogen-bond donors (Lipinski definition) is 1. The maximum Gasteiger partial charge on any atom is 0.213 e. The number of aromatic nitrogens is 1. The van der Waals surface area contributed by atoms with Gasteiger partial charge in [-0.2, -0.15) is 0 Å². The van der Waals surface area contributed by atoms with Crippen LogP contribution in [0.5, 0.6) is 5.75 Å². The molecule has 1 N–H and O–H groups in total. The number of nitrogens with one attached hydrogen (secondary N) is 1. The average Bonchev–Trinajstić information content (AvgIpc) is 3.08. The Morgan fingerprint density at radius 1 is 0.962 bits per heavy atom. The zero-order chi connectivity index (χ0) is 17.8. The van der Waals surface area contributed by atoms with Crippen LogP contribution in [0.1, 0.15) is 35.3 Å². The Labute approximate surface area is 153 Å². The van der Waals surface area contributed by atoms with E-state index < -0.39 is 0 Å². The molecule has 0 amide bonds. The smallest absolute Gasteiger partial charge is 0.213 e. The minimum atomic E-state index is -0.0326. The number of aromatic amines is 1. The molecular weight excluding hydrogens is 324 g/mol. The number of carbonyl (C=O) groups excluding carboxylic acids is 1. The molecule has 1 fully saturated rings. The topological polar surface area (TPSA) is 45.3 Å². The molecular formula is C22H24N2O2. The summed E-state index contributed by atoms with van der Waals surface area (Å²) >= 11 is 0. The van der Waals surface area contributed by atoms with Crippen LogP contribution in [0.25, 0.3) is 10.9 Å². The monoisotopic (exact) mass is 348 g/mol. The lowest BCUT2D eigenvalue weighted by atomic mass is 10.1. The number of ketones is 1. The van der Waals surface area contributed by atoms with Crippen LogP contribution >= 0.6 is 0 Å². The van der Waals surface area contributed by atoms with Gasteiger partial charge in [0.15, 0.2) is 5.75 Å². The van der Waals surface area contributed by atoms with Gasteiger partial charge >= 0.3 is 0 Å². The summed E-state index contributed by atoms with van der Waals surface area (Å²) in [4.78, 5) is 18.7. The molecule has 0 aliphatic carbocycles. The molecule has 1 aromatic heterocycles. The predicted octanol–water partition coefficient (Wildman–Crippen LogP) is 4.26. The van der Waals surface area contributed by atoms with Gasteiger partial charge in [-0.3, -0.25) is 9.69 Å². The number of piperidine rings is 1. The van der Waals surface area contributed by atoms with E-state index in [1.807, 2.05) is 54.6 Å². The molecule has 26 heavy (non-hydrogen) atoms. The van der Waals surface area contributed by atoms with Crippen molar-refractivity contribution in [2.75, 3.05) is 26.2 Å². The number of carbonyl (C=O) groups is 1. The molecule has 3 aromatic rings. The lowest BCUT2D eigenvalue weighted by Gasteiger charge is -2.26. The highest BCUT2D eigenvalue weighted by molar-refractivity contribution is 6.13. The molecule has 0 saturated carbocycles. The molecule has 1 aliphatic heterocycles. The minimum Gasteiger partial charge on any atom is -0.489 e. The highest BCUT2D eigenvalue weighted by Crippen LogP contribution is 2.31. The summed E-state index contributed by atoms with van der Waals surface area (Å²) in [6.07, 6.45) is 3.87. The van der Waals surface area contributed by atoms with Crippen LogP contribution in [0.4, 0.5) is 0 Å². The Balaban J connectivity index is 1.58. The van der Waals surface area contributed by atoms with Gasteiger partial charge < -0.3 is 9.72 Å². The van der Waals surface area contributed by atoms with Gasteiger partial charge in [0.05, 0.1) is 0 Å². The molecule has 4 rings (SSSR count). The number of benzene rings is 2. The summed E-state index contributed by atoms with van der Waals surface area (Å²) < 4.78 is 6.14. The fraction of sp³-hybridized carbons (Fsp3) is 0.318. The van der Waals surface area contributed by atoms with Gasteiger partial charge in [0.25, 0.3) is 0 Å². The van der Waals surface area contributed by atoms with E-state index >= 15 is 0 Å². The second-order valence-electron chi connectivity index (χ2n) is 6.82. The van der Waals surface area contributed by atoms with Gasteiger partial charge in [0, 0.05) is 23.0 Å². The van der Waals surface area contributed by atoms with Crippen molar-refractivity contribution < 1.29 is 9.53 Å². The third-order valence-corrected chi connectivity index (χ3v) is 5.02. The highest BCUT2D eigenvalue weighted by Gasteiger charge is 2.20. The maximum atomic E-state index is 13.0. The predicted molar refractivity (Wildman–Crippen MR) is 104 cm³/mol. The fourth-order valence-corrected chi connectivity index (χ4v) is 3.62. The van der Waals surface area contributed by atoms with Crippen molar-refractivity contribution in [1.82, 2.24) is 9.88 Å². The van der Waals surface area contributed by atoms with E-state index in [9.17, 15) is 4.79 Å². The first-order valence-corrected chi connectivity index (χ1v) is 9.38. The summed E-state index contributed by atoms with van der Waals surface area (Å²) in [5.74, 6) is 0.640. The molecule has 2 heterocycles. The first-order chi connectivity index (χ1) is 12.8. The van der Waals surface area contributed by atoms with Gasteiger partial charge in [-0.15, -0.1) is 0 Å². The highest BCUT2D eigenvalue weighted by atomic mass is 16.5. The van der Waals surface area contributed by atoms with Gasteiger partial charge in [-0.1, -0.05) is 48.9 Å². The van der Waals surface area contributed by atoms with Gasteiger partial charge in [-0.05, 0) is 38.1 Å². The molecule has 0 unspecified atom stereocenters. The van der Waals surface area contributed by atoms with Gasteiger partial charge in [-0.25, -0.2) is 0 Å². The van der Waals surface area contributed by atoms with Crippen molar-refractivity contribution in [3.63, 3.8) is 0 Å². The number of fused-ring (bicyclic) bond motifs is 1. The van der Waals surface area contributed by atoms with Gasteiger partial charge in [0.2, 0.25) is 5.78 Å². The van der Waals surface area contributed by atoms with Crippen LogP contribution in [-0.2, 0) is 0 Å². The SMILES string of the molecule is O=C(c1ccccc1)c1[nH]c2ccccc2c1OCCN1CCCCC1. The minimum absolute atomic E-state index is 0.0326. The number of H-pyrrole nitrogens is 1. The Kier molecular flexibility index (Phi) is 5.02. The third kappa shape index (κ3) is 3.51. The Bertz CT molecular complexity index is 880. The zero-order valence-electron chi connectivity index (χ0n) is 14.9. The number of para-hydroxylation sites is 1. The summed E-state index contributed by atoms with van der Waals surface area (Å²) in [7, 11) is 0. The largest absolute Gasteiger partial charge is 0.489 e. The molecule has 0 spiro atoms. The average molecular weight is 348 g/mol. The van der Waals surface area contributed by atoms with Crippen LogP contribution < -0.4 is 4.74 Å². The van der Waals surface area contributed by atoms with E-state index in [1.54, 1.807) is 0 Å². The summed E-state index contributed by atoms with van der Waals surface area (Å²) in [5.41, 5.74) is 2.13. The number of likely N-dealkylation sites (tertiary alicyclic amines) is 1. The number of ether oxygens (including phenoxy) is 1. The molecule has 1 saturated heterocycles. The number of rotatable bonds is 6. The number of hydrogen-bond acceptors (Lipinski definition) is 3. The Morgan fingerprint density at radius 3 is 2.50 bits per heavy atom. The van der Waals surface area contributed by atoms with E-state index in [0.29, 0.717) is 23.6 Å². The Morgan fingerprint density at radius 2 is 1.69 bits per heavy atom. The normalized spacial score (nSPS) is 15.2. The molecule has 4 heteroatoms. The number of nitrogens with zero attached hydrogens (tertiary/aromatic N) is 1. The fourth-order valence-electron chi connectivity index (χ4n) is 3.62. The Hall–Kier alpha value is -2.59. The second-order valence-corrected chi connectivity index (χ2v) is 6.82. The third-order valence-electron chi connectivity index (χ3n) is 5.02. The first kappa shape index (κ1) is 16.9. The first-order valence-electron chi connectivity index (χ1n) is 9.38. The molecule has 4 nitrogen and oxygen atoms in total. The van der Waals surface area contributed by atoms with Crippen molar-refractivity contribution in [1.29, 1.82) is 0 Å². The van der Waals surface area contributed by atoms with Crippen molar-refractivity contribution in [3.05, 3.63) is 65.9 Å². The summed E-state index contributed by atoms with van der Waals surface area (Å²) in [6.45, 7) is 3.79. The van der Waals surface area contributed by atoms with Crippen molar-refractivity contribution >= 4 is 16.7 Å². The van der Waals surface area contributed by atoms with E-state index in [-0.39, 0.29) is 5.78 Å². The molecule has 134 valence electrons. The zero-order valence-corrected chi connectivity index (χ0v) is 14.9. The second kappa shape index (κ2) is 7.75. The lowest BCUT2D eigenvalue weighted by Crippen LogP contribution is -2.33. The van der Waals surface area contributed by atoms with Crippen LogP contribution in [-0.4, -0.2) is 41.9 Å². The molecule has 1 aliphatic rings. The molecule has 0 bridgehead atoms. The van der Waals surface area contributed by atoms with E-state index in [0.717, 1.165) is 30.5 Å². The van der Waals surface area contributed by atoms with E-state index in [2.05, 4.69) is 9.88 Å². The van der Waals surface area contributed by atoms with Crippen molar-refractivity contribution in [2.24, 2.45) is 0 Å². The molecule has 0 radical (unpaired) electrons.